The van der Waals surface area contributed by atoms with E-state index in [2.05, 4.69) is 82.6 Å². The maximum absolute atomic E-state index is 8.81. The van der Waals surface area contributed by atoms with Gasteiger partial charge in [0, 0.05) is 28.9 Å². The Hall–Kier alpha value is -1.81. The summed E-state index contributed by atoms with van der Waals surface area (Å²) in [6.07, 6.45) is 1.86. The summed E-state index contributed by atoms with van der Waals surface area (Å²) < 4.78 is 1.13. The molecule has 0 amide bonds. The number of halogens is 1. The number of carbonyl (C=O) groups excluding carboxylic acids is 1. The molecule has 0 aromatic heterocycles. The van der Waals surface area contributed by atoms with Crippen molar-refractivity contribution >= 4 is 33.6 Å². The molecule has 0 saturated heterocycles. The van der Waals surface area contributed by atoms with Crippen molar-refractivity contribution in [3.63, 3.8) is 0 Å². The molecule has 1 aliphatic rings. The van der Waals surface area contributed by atoms with Crippen molar-refractivity contribution in [2.24, 2.45) is 0 Å². The Kier molecular flexibility index (Phi) is 6.22. The van der Waals surface area contributed by atoms with E-state index in [9.17, 15) is 0 Å². The number of para-hydroxylation sites is 1. The quantitative estimate of drug-likeness (QED) is 0.747. The zero-order chi connectivity index (χ0) is 16.8. The van der Waals surface area contributed by atoms with Crippen LogP contribution in [0.25, 0.3) is 0 Å². The predicted molar refractivity (Wildman–Crippen MR) is 101 cm³/mol. The Labute approximate surface area is 146 Å². The molecular weight excluding hydrogens is 352 g/mol. The summed E-state index contributed by atoms with van der Waals surface area (Å²) in [5, 5.41) is 3.67. The molecule has 0 fully saturated rings. The molecule has 0 aliphatic carbocycles. The third-order valence-electron chi connectivity index (χ3n) is 4.10. The molecule has 3 rings (SSSR count). The Morgan fingerprint density at radius 1 is 1.22 bits per heavy atom. The van der Waals surface area contributed by atoms with Gasteiger partial charge in [-0.25, -0.2) is 0 Å². The fraction of sp³-hybridized carbons (Fsp3) is 0.316. The van der Waals surface area contributed by atoms with E-state index in [1.807, 2.05) is 6.07 Å². The van der Waals surface area contributed by atoms with E-state index < -0.39 is 0 Å². The molecule has 23 heavy (non-hydrogen) atoms. The second-order valence-corrected chi connectivity index (χ2v) is 6.61. The van der Waals surface area contributed by atoms with Crippen molar-refractivity contribution < 1.29 is 4.79 Å². The lowest BCUT2D eigenvalue weighted by Crippen LogP contribution is -2.37. The zero-order valence-electron chi connectivity index (χ0n) is 13.8. The van der Waals surface area contributed by atoms with Crippen LogP contribution < -0.4 is 10.2 Å². The molecule has 1 heterocycles. The van der Waals surface area contributed by atoms with Crippen LogP contribution in [0.1, 0.15) is 31.9 Å². The summed E-state index contributed by atoms with van der Waals surface area (Å²) >= 11 is 3.58. The van der Waals surface area contributed by atoms with Crippen LogP contribution in [0.15, 0.2) is 53.0 Å². The molecule has 0 saturated carbocycles. The number of nitrogens with one attached hydrogen (secondary N) is 1. The highest BCUT2D eigenvalue weighted by atomic mass is 79.9. The molecule has 0 bridgehead atoms. The maximum Gasteiger partial charge on any atom is 0.116 e. The van der Waals surface area contributed by atoms with Crippen molar-refractivity contribution in [3.05, 3.63) is 58.6 Å². The third-order valence-corrected chi connectivity index (χ3v) is 4.59. The number of hydrogen-bond donors (Lipinski definition) is 1. The van der Waals surface area contributed by atoms with Gasteiger partial charge in [-0.1, -0.05) is 40.2 Å². The normalized spacial score (nSPS) is 19.2. The predicted octanol–water partition coefficient (Wildman–Crippen LogP) is 5.04. The van der Waals surface area contributed by atoms with Crippen LogP contribution in [0.2, 0.25) is 0 Å². The topological polar surface area (TPSA) is 32.3 Å². The summed E-state index contributed by atoms with van der Waals surface area (Å²) in [4.78, 5) is 11.2. The lowest BCUT2D eigenvalue weighted by atomic mass is 9.92. The summed E-state index contributed by atoms with van der Waals surface area (Å²) in [6.45, 7) is 3.73. The molecule has 1 N–H and O–H groups in total. The second-order valence-electron chi connectivity index (χ2n) is 5.70. The Balaban J connectivity index is 0.000000595. The number of rotatable bonds is 2. The van der Waals surface area contributed by atoms with Crippen molar-refractivity contribution in [1.82, 2.24) is 0 Å². The van der Waals surface area contributed by atoms with Gasteiger partial charge < -0.3 is 15.0 Å². The first-order chi connectivity index (χ1) is 11.1. The van der Waals surface area contributed by atoms with Gasteiger partial charge in [0.25, 0.3) is 0 Å². The Morgan fingerprint density at radius 3 is 2.52 bits per heavy atom. The molecule has 2 aromatic rings. The van der Waals surface area contributed by atoms with E-state index >= 15 is 0 Å². The molecule has 0 radical (unpaired) electrons. The Morgan fingerprint density at radius 2 is 1.87 bits per heavy atom. The van der Waals surface area contributed by atoms with Gasteiger partial charge in [-0.2, -0.15) is 0 Å². The fourth-order valence-corrected chi connectivity index (χ4v) is 3.20. The lowest BCUT2D eigenvalue weighted by Gasteiger charge is -2.39. The highest BCUT2D eigenvalue weighted by Crippen LogP contribution is 2.39. The van der Waals surface area contributed by atoms with Crippen LogP contribution in [-0.2, 0) is 4.79 Å². The van der Waals surface area contributed by atoms with Crippen LogP contribution >= 0.6 is 15.9 Å². The standard InChI is InChI=1S/C17H19BrN2.C2H4O/c1-12-10-16(19-14-6-4-3-5-7-14)15-9-8-13(18)11-17(15)20(12)2;1-2-3/h3-9,11-12,16,19H,10H2,1-2H3;2H,1H3. The monoisotopic (exact) mass is 374 g/mol. The molecule has 2 unspecified atom stereocenters. The first kappa shape index (κ1) is 17.5. The van der Waals surface area contributed by atoms with Crippen LogP contribution in [0.4, 0.5) is 11.4 Å². The van der Waals surface area contributed by atoms with E-state index in [1.165, 1.54) is 23.9 Å². The molecule has 3 nitrogen and oxygen atoms in total. The minimum Gasteiger partial charge on any atom is -0.378 e. The first-order valence-corrected chi connectivity index (χ1v) is 8.59. The van der Waals surface area contributed by atoms with Gasteiger partial charge in [-0.05, 0) is 50.1 Å². The minimum atomic E-state index is 0.367. The first-order valence-electron chi connectivity index (χ1n) is 7.80. The van der Waals surface area contributed by atoms with Crippen LogP contribution in [-0.4, -0.2) is 19.4 Å². The van der Waals surface area contributed by atoms with Gasteiger partial charge in [0.1, 0.15) is 6.29 Å². The summed E-state index contributed by atoms with van der Waals surface area (Å²) in [5.74, 6) is 0. The highest BCUT2D eigenvalue weighted by Gasteiger charge is 2.28. The van der Waals surface area contributed by atoms with Gasteiger partial charge in [0.05, 0.1) is 6.04 Å². The third kappa shape index (κ3) is 4.35. The van der Waals surface area contributed by atoms with Gasteiger partial charge >= 0.3 is 0 Å². The number of carbonyl (C=O) groups is 1. The van der Waals surface area contributed by atoms with Gasteiger partial charge in [-0.3, -0.25) is 0 Å². The fourth-order valence-electron chi connectivity index (χ4n) is 2.85. The Bertz CT molecular complexity index is 645. The number of hydrogen-bond acceptors (Lipinski definition) is 3. The van der Waals surface area contributed by atoms with Gasteiger partial charge in [0.2, 0.25) is 0 Å². The van der Waals surface area contributed by atoms with Crippen molar-refractivity contribution in [3.8, 4) is 0 Å². The summed E-state index contributed by atoms with van der Waals surface area (Å²) in [7, 11) is 2.18. The smallest absolute Gasteiger partial charge is 0.116 e. The van der Waals surface area contributed by atoms with Crippen LogP contribution in [0.5, 0.6) is 0 Å². The van der Waals surface area contributed by atoms with Crippen molar-refractivity contribution in [2.45, 2.75) is 32.4 Å². The van der Waals surface area contributed by atoms with Crippen LogP contribution in [0, 0.1) is 0 Å². The SMILES string of the molecule is CC1CC(Nc2ccccc2)c2ccc(Br)cc2N1C.CC=O. The lowest BCUT2D eigenvalue weighted by molar-refractivity contribution is -0.106. The molecule has 0 spiro atoms. The van der Waals surface area contributed by atoms with Crippen LogP contribution in [0.3, 0.4) is 0 Å². The average molecular weight is 375 g/mol. The van der Waals surface area contributed by atoms with Crippen molar-refractivity contribution in [1.29, 1.82) is 0 Å². The number of nitrogens with zero attached hydrogens (tertiary/aromatic N) is 1. The van der Waals surface area contributed by atoms with E-state index in [0.29, 0.717) is 12.1 Å². The molecule has 122 valence electrons. The highest BCUT2D eigenvalue weighted by molar-refractivity contribution is 9.10. The maximum atomic E-state index is 8.81. The average Bonchev–Trinajstić information content (AvgIpc) is 2.54. The number of aldehydes is 1. The molecule has 1 aliphatic heterocycles. The zero-order valence-corrected chi connectivity index (χ0v) is 15.4. The van der Waals surface area contributed by atoms with Gasteiger partial charge in [-0.15, -0.1) is 0 Å². The van der Waals surface area contributed by atoms with E-state index in [-0.39, 0.29) is 0 Å². The molecule has 4 heteroatoms. The molecule has 2 atom stereocenters. The summed E-state index contributed by atoms with van der Waals surface area (Å²) in [6, 6.07) is 17.9. The number of anilines is 2. The largest absolute Gasteiger partial charge is 0.378 e. The molecular formula is C19H23BrN2O. The second kappa shape index (κ2) is 8.16. The van der Waals surface area contributed by atoms with E-state index in [0.717, 1.165) is 17.2 Å². The van der Waals surface area contributed by atoms with Gasteiger partial charge in [0.15, 0.2) is 0 Å². The van der Waals surface area contributed by atoms with Crippen molar-refractivity contribution in [2.75, 3.05) is 17.3 Å². The number of fused-ring (bicyclic) bond motifs is 1. The van der Waals surface area contributed by atoms with E-state index in [1.54, 1.807) is 0 Å². The summed E-state index contributed by atoms with van der Waals surface area (Å²) in [5.41, 5.74) is 3.87. The molecule has 2 aromatic carbocycles. The number of benzene rings is 2. The van der Waals surface area contributed by atoms with E-state index in [4.69, 9.17) is 4.79 Å². The minimum absolute atomic E-state index is 0.367.